The molecule has 0 amide bonds. The minimum absolute atomic E-state index is 0.359. The van der Waals surface area contributed by atoms with Gasteiger partial charge in [-0.1, -0.05) is 32.0 Å². The van der Waals surface area contributed by atoms with Crippen LogP contribution < -0.4 is 9.47 Å². The lowest BCUT2D eigenvalue weighted by Gasteiger charge is -2.14. The Labute approximate surface area is 177 Å². The van der Waals surface area contributed by atoms with Gasteiger partial charge in [-0.05, 0) is 67.5 Å². The monoisotopic (exact) mass is 410 g/mol. The zero-order valence-electron chi connectivity index (χ0n) is 17.9. The fourth-order valence-corrected chi connectivity index (χ4v) is 3.13. The predicted molar refractivity (Wildman–Crippen MR) is 116 cm³/mol. The molecule has 2 N–H and O–H groups in total. The third-order valence-electron chi connectivity index (χ3n) is 4.96. The first-order valence-corrected chi connectivity index (χ1v) is 10.5. The number of ether oxygens (including phenoxy) is 2. The molecule has 0 aliphatic carbocycles. The lowest BCUT2D eigenvalue weighted by Crippen LogP contribution is -2.04. The van der Waals surface area contributed by atoms with Crippen molar-refractivity contribution in [2.45, 2.75) is 46.5 Å². The van der Waals surface area contributed by atoms with Crippen molar-refractivity contribution in [2.24, 2.45) is 5.92 Å². The van der Waals surface area contributed by atoms with Crippen molar-refractivity contribution < 1.29 is 14.6 Å². The van der Waals surface area contributed by atoms with Gasteiger partial charge >= 0.3 is 0 Å². The van der Waals surface area contributed by atoms with Crippen molar-refractivity contribution in [1.82, 2.24) is 20.6 Å². The van der Waals surface area contributed by atoms with E-state index in [1.165, 1.54) is 0 Å². The third-order valence-corrected chi connectivity index (χ3v) is 4.96. The van der Waals surface area contributed by atoms with Crippen LogP contribution in [0, 0.1) is 12.8 Å². The number of aryl methyl sites for hydroxylation is 1. The number of aromatic nitrogens is 4. The van der Waals surface area contributed by atoms with Crippen LogP contribution in [0.3, 0.4) is 0 Å². The number of nitrogens with one attached hydrogen (secondary N) is 1. The lowest BCUT2D eigenvalue weighted by atomic mass is 10.00. The number of phenols is 1. The van der Waals surface area contributed by atoms with Gasteiger partial charge in [0.1, 0.15) is 17.2 Å². The number of aromatic amines is 1. The van der Waals surface area contributed by atoms with Gasteiger partial charge in [0.05, 0.1) is 13.2 Å². The van der Waals surface area contributed by atoms with Crippen molar-refractivity contribution in [1.29, 1.82) is 0 Å². The zero-order valence-corrected chi connectivity index (χ0v) is 17.9. The molecule has 0 aliphatic heterocycles. The molecule has 0 radical (unpaired) electrons. The number of nitrogens with zero attached hydrogens (tertiary/aromatic N) is 3. The van der Waals surface area contributed by atoms with Gasteiger partial charge in [0, 0.05) is 11.1 Å². The highest BCUT2D eigenvalue weighted by Gasteiger charge is 2.10. The molecule has 7 heteroatoms. The van der Waals surface area contributed by atoms with Crippen molar-refractivity contribution in [3.05, 3.63) is 47.5 Å². The highest BCUT2D eigenvalue weighted by molar-refractivity contribution is 5.56. The number of tetrazole rings is 1. The fourth-order valence-electron chi connectivity index (χ4n) is 3.13. The molecule has 0 spiro atoms. The van der Waals surface area contributed by atoms with Crippen LogP contribution in [-0.2, 0) is 6.42 Å². The number of rotatable bonds is 11. The Balaban J connectivity index is 1.40. The quantitative estimate of drug-likeness (QED) is 0.445. The molecule has 0 saturated heterocycles. The van der Waals surface area contributed by atoms with E-state index < -0.39 is 0 Å². The first kappa shape index (κ1) is 21.6. The van der Waals surface area contributed by atoms with E-state index in [9.17, 15) is 5.11 Å². The maximum atomic E-state index is 10.4. The number of phenolic OH excluding ortho intramolecular Hbond substituents is 1. The Morgan fingerprint density at radius 1 is 1.07 bits per heavy atom. The highest BCUT2D eigenvalue weighted by atomic mass is 16.5. The predicted octanol–water partition coefficient (Wildman–Crippen LogP) is 4.71. The maximum Gasteiger partial charge on any atom is 0.204 e. The van der Waals surface area contributed by atoms with Gasteiger partial charge in [-0.15, -0.1) is 10.2 Å². The van der Waals surface area contributed by atoms with Crippen LogP contribution in [0.15, 0.2) is 36.4 Å². The van der Waals surface area contributed by atoms with Crippen molar-refractivity contribution in [3.63, 3.8) is 0 Å². The van der Waals surface area contributed by atoms with E-state index in [-0.39, 0.29) is 0 Å². The maximum absolute atomic E-state index is 10.4. The molecular formula is C23H30N4O3. The van der Waals surface area contributed by atoms with Crippen LogP contribution in [0.2, 0.25) is 0 Å². The van der Waals surface area contributed by atoms with Crippen LogP contribution in [0.25, 0.3) is 11.4 Å². The molecule has 0 fully saturated rings. The third kappa shape index (κ3) is 5.95. The van der Waals surface area contributed by atoms with Gasteiger partial charge < -0.3 is 14.6 Å². The van der Waals surface area contributed by atoms with E-state index in [4.69, 9.17) is 9.47 Å². The Morgan fingerprint density at radius 2 is 1.87 bits per heavy atom. The van der Waals surface area contributed by atoms with Gasteiger partial charge in [-0.25, -0.2) is 0 Å². The number of unbranched alkanes of at least 4 members (excludes halogenated alkanes) is 1. The SMILES string of the molecule is Cc1c(OCCCCOc2cccc(-c3nn[nH]n3)c2)ccc(CCC(C)C)c1O. The Morgan fingerprint density at radius 3 is 2.60 bits per heavy atom. The van der Waals surface area contributed by atoms with Gasteiger partial charge in [-0.2, -0.15) is 5.21 Å². The number of hydrogen-bond donors (Lipinski definition) is 2. The summed E-state index contributed by atoms with van der Waals surface area (Å²) in [6.45, 7) is 7.46. The molecule has 0 unspecified atom stereocenters. The van der Waals surface area contributed by atoms with Crippen LogP contribution >= 0.6 is 0 Å². The average Bonchev–Trinajstić information content (AvgIpc) is 3.28. The van der Waals surface area contributed by atoms with Crippen molar-refractivity contribution in [3.8, 4) is 28.6 Å². The number of H-pyrrole nitrogens is 1. The molecule has 1 aromatic heterocycles. The number of benzene rings is 2. The molecule has 160 valence electrons. The fraction of sp³-hybridized carbons (Fsp3) is 0.435. The molecule has 30 heavy (non-hydrogen) atoms. The smallest absolute Gasteiger partial charge is 0.204 e. The minimum atomic E-state index is 0.359. The summed E-state index contributed by atoms with van der Waals surface area (Å²) in [5.74, 6) is 3.04. The van der Waals surface area contributed by atoms with Crippen LogP contribution in [0.4, 0.5) is 0 Å². The number of aromatic hydroxyl groups is 1. The standard InChI is InChI=1S/C23H30N4O3/c1-16(2)9-10-18-11-12-21(17(3)22(18)28)30-14-5-4-13-29-20-8-6-7-19(15-20)23-24-26-27-25-23/h6-8,11-12,15-16,28H,4-5,9-10,13-14H2,1-3H3,(H,24,25,26,27). The second kappa shape index (κ2) is 10.6. The summed E-state index contributed by atoms with van der Waals surface area (Å²) in [7, 11) is 0. The van der Waals surface area contributed by atoms with Gasteiger partial charge in [0.15, 0.2) is 0 Å². The van der Waals surface area contributed by atoms with Gasteiger partial charge in [0.25, 0.3) is 0 Å². The minimum Gasteiger partial charge on any atom is -0.507 e. The Kier molecular flexibility index (Phi) is 7.65. The molecule has 0 atom stereocenters. The summed E-state index contributed by atoms with van der Waals surface area (Å²) in [6.07, 6.45) is 3.67. The summed E-state index contributed by atoms with van der Waals surface area (Å²) in [6, 6.07) is 11.6. The molecule has 1 heterocycles. The second-order valence-corrected chi connectivity index (χ2v) is 7.80. The van der Waals surface area contributed by atoms with E-state index >= 15 is 0 Å². The molecule has 3 rings (SSSR count). The van der Waals surface area contributed by atoms with Crippen LogP contribution in [-0.4, -0.2) is 38.9 Å². The van der Waals surface area contributed by atoms with E-state index in [0.717, 1.165) is 53.9 Å². The first-order valence-electron chi connectivity index (χ1n) is 10.5. The number of hydrogen-bond acceptors (Lipinski definition) is 6. The summed E-state index contributed by atoms with van der Waals surface area (Å²) in [5.41, 5.74) is 2.66. The largest absolute Gasteiger partial charge is 0.507 e. The average molecular weight is 411 g/mol. The first-order chi connectivity index (χ1) is 14.5. The van der Waals surface area contributed by atoms with E-state index in [1.54, 1.807) is 0 Å². The molecule has 3 aromatic rings. The summed E-state index contributed by atoms with van der Waals surface area (Å²) >= 11 is 0. The molecule has 2 aromatic carbocycles. The summed E-state index contributed by atoms with van der Waals surface area (Å²) < 4.78 is 11.7. The summed E-state index contributed by atoms with van der Waals surface area (Å²) in [5, 5.41) is 24.4. The second-order valence-electron chi connectivity index (χ2n) is 7.80. The Hall–Kier alpha value is -3.09. The van der Waals surface area contributed by atoms with Crippen LogP contribution in [0.5, 0.6) is 17.2 Å². The van der Waals surface area contributed by atoms with Gasteiger partial charge in [-0.3, -0.25) is 0 Å². The van der Waals surface area contributed by atoms with Crippen molar-refractivity contribution >= 4 is 0 Å². The van der Waals surface area contributed by atoms with E-state index in [1.807, 2.05) is 43.3 Å². The van der Waals surface area contributed by atoms with E-state index in [0.29, 0.717) is 30.7 Å². The topological polar surface area (TPSA) is 93.2 Å². The van der Waals surface area contributed by atoms with Crippen molar-refractivity contribution in [2.75, 3.05) is 13.2 Å². The zero-order chi connectivity index (χ0) is 21.3. The Bertz CT molecular complexity index is 926. The van der Waals surface area contributed by atoms with Crippen LogP contribution in [0.1, 0.15) is 44.2 Å². The molecule has 0 saturated carbocycles. The molecular weight excluding hydrogens is 380 g/mol. The normalized spacial score (nSPS) is 11.1. The molecule has 0 aliphatic rings. The molecule has 7 nitrogen and oxygen atoms in total. The molecule has 0 bridgehead atoms. The lowest BCUT2D eigenvalue weighted by molar-refractivity contribution is 0.265. The summed E-state index contributed by atoms with van der Waals surface area (Å²) in [4.78, 5) is 0. The van der Waals surface area contributed by atoms with Gasteiger partial charge in [0.2, 0.25) is 5.82 Å². The highest BCUT2D eigenvalue weighted by Crippen LogP contribution is 2.32. The van der Waals surface area contributed by atoms with E-state index in [2.05, 4.69) is 34.5 Å².